The Morgan fingerprint density at radius 3 is 3.00 bits per heavy atom. The van der Waals surface area contributed by atoms with Crippen molar-refractivity contribution >= 4 is 33.0 Å². The van der Waals surface area contributed by atoms with Gasteiger partial charge in [0, 0.05) is 25.8 Å². The molecule has 0 amide bonds. The van der Waals surface area contributed by atoms with E-state index >= 15 is 0 Å². The number of piperidine rings is 1. The van der Waals surface area contributed by atoms with Crippen molar-refractivity contribution in [3.8, 4) is 0 Å². The quantitative estimate of drug-likeness (QED) is 0.790. The largest absolute Gasteiger partial charge is 0.301 e. The predicted molar refractivity (Wildman–Crippen MR) is 95.9 cm³/mol. The minimum atomic E-state index is -3.37. The van der Waals surface area contributed by atoms with E-state index in [1.54, 1.807) is 23.7 Å². The summed E-state index contributed by atoms with van der Waals surface area (Å²) in [5.41, 5.74) is 0. The molecule has 132 valence electrons. The van der Waals surface area contributed by atoms with Crippen LogP contribution in [-0.4, -0.2) is 49.3 Å². The van der Waals surface area contributed by atoms with E-state index in [0.717, 1.165) is 39.0 Å². The van der Waals surface area contributed by atoms with Gasteiger partial charge in [0.25, 0.3) is 0 Å². The van der Waals surface area contributed by atoms with Gasteiger partial charge in [0.1, 0.15) is 4.21 Å². The first kappa shape index (κ1) is 17.9. The Morgan fingerprint density at radius 1 is 1.42 bits per heavy atom. The molecule has 0 spiro atoms. The summed E-state index contributed by atoms with van der Waals surface area (Å²) in [6.45, 7) is 4.13. The number of hydrogen-bond donors (Lipinski definition) is 1. The fourth-order valence-corrected chi connectivity index (χ4v) is 5.25. The van der Waals surface area contributed by atoms with Gasteiger partial charge in [-0.25, -0.2) is 13.1 Å². The van der Waals surface area contributed by atoms with Gasteiger partial charge in [0.05, 0.1) is 17.8 Å². The molecule has 1 N–H and O–H groups in total. The van der Waals surface area contributed by atoms with Crippen molar-refractivity contribution in [2.75, 3.05) is 26.2 Å². The van der Waals surface area contributed by atoms with Crippen LogP contribution in [0.25, 0.3) is 0 Å². The predicted octanol–water partition coefficient (Wildman–Crippen LogP) is 2.29. The van der Waals surface area contributed by atoms with Crippen LogP contribution in [0.1, 0.15) is 12.8 Å². The minimum absolute atomic E-state index is 0.342. The van der Waals surface area contributed by atoms with Crippen molar-refractivity contribution in [2.45, 2.75) is 23.6 Å². The molecule has 3 heterocycles. The first-order valence-electron chi connectivity index (χ1n) is 7.96. The van der Waals surface area contributed by atoms with E-state index in [9.17, 15) is 8.42 Å². The normalized spacial score (nSPS) is 19.6. The van der Waals surface area contributed by atoms with E-state index in [0.29, 0.717) is 21.7 Å². The van der Waals surface area contributed by atoms with Gasteiger partial charge in [0.2, 0.25) is 10.0 Å². The van der Waals surface area contributed by atoms with Crippen LogP contribution in [0.3, 0.4) is 0 Å². The number of nitrogens with zero attached hydrogens (tertiary/aromatic N) is 3. The maximum Gasteiger partial charge on any atom is 0.250 e. The monoisotopic (exact) mass is 388 g/mol. The highest BCUT2D eigenvalue weighted by molar-refractivity contribution is 7.91. The molecule has 2 aromatic rings. The van der Waals surface area contributed by atoms with Crippen LogP contribution in [0, 0.1) is 5.92 Å². The zero-order chi connectivity index (χ0) is 17.0. The molecule has 2 aromatic heterocycles. The molecule has 0 aromatic carbocycles. The summed E-state index contributed by atoms with van der Waals surface area (Å²) >= 11 is 7.11. The highest BCUT2D eigenvalue weighted by atomic mass is 35.5. The number of hydrogen-bond acceptors (Lipinski definition) is 5. The summed E-state index contributed by atoms with van der Waals surface area (Å²) in [6, 6.07) is 3.39. The Labute approximate surface area is 151 Å². The number of sulfonamides is 1. The fraction of sp³-hybridized carbons (Fsp3) is 0.533. The topological polar surface area (TPSA) is 67.2 Å². The second kappa shape index (κ2) is 7.97. The molecule has 0 bridgehead atoms. The zero-order valence-electron chi connectivity index (χ0n) is 13.3. The number of aromatic nitrogens is 2. The molecule has 0 unspecified atom stereocenters. The number of thiophene rings is 1. The van der Waals surface area contributed by atoms with E-state index in [1.165, 1.54) is 11.3 Å². The Kier molecular flexibility index (Phi) is 5.93. The van der Waals surface area contributed by atoms with Crippen LogP contribution in [-0.2, 0) is 16.6 Å². The number of nitrogens with one attached hydrogen (secondary N) is 1. The number of rotatable bonds is 7. The summed E-state index contributed by atoms with van der Waals surface area (Å²) in [6.07, 6.45) is 5.60. The Morgan fingerprint density at radius 2 is 2.29 bits per heavy atom. The molecular formula is C15H21ClN4O2S2. The second-order valence-corrected chi connectivity index (χ2v) is 9.39. The fourth-order valence-electron chi connectivity index (χ4n) is 2.94. The maximum atomic E-state index is 12.2. The molecule has 3 rings (SSSR count). The van der Waals surface area contributed by atoms with Crippen molar-refractivity contribution in [1.29, 1.82) is 0 Å². The van der Waals surface area contributed by atoms with Crippen molar-refractivity contribution < 1.29 is 8.42 Å². The van der Waals surface area contributed by atoms with E-state index in [4.69, 9.17) is 11.6 Å². The summed E-state index contributed by atoms with van der Waals surface area (Å²) in [7, 11) is -3.37. The molecule has 6 nitrogen and oxygen atoms in total. The third-order valence-corrected chi connectivity index (χ3v) is 7.19. The molecule has 0 aliphatic carbocycles. The standard InChI is InChI=1S/C15H21ClN4O2S2/c16-14-10-17-20(12-14)7-6-19-5-1-3-13(11-19)9-18-24(21,22)15-4-2-8-23-15/h2,4,8,10,12-13,18H,1,3,5-7,9,11H2/t13-/m1/s1. The second-order valence-electron chi connectivity index (χ2n) is 6.01. The van der Waals surface area contributed by atoms with Crippen molar-refractivity contribution in [3.63, 3.8) is 0 Å². The molecule has 1 aliphatic heterocycles. The van der Waals surface area contributed by atoms with Gasteiger partial charge in [-0.2, -0.15) is 5.10 Å². The van der Waals surface area contributed by atoms with Gasteiger partial charge < -0.3 is 4.90 Å². The first-order valence-corrected chi connectivity index (χ1v) is 10.7. The van der Waals surface area contributed by atoms with Gasteiger partial charge in [-0.15, -0.1) is 11.3 Å². The van der Waals surface area contributed by atoms with Crippen LogP contribution in [0.4, 0.5) is 0 Å². The van der Waals surface area contributed by atoms with Gasteiger partial charge in [-0.05, 0) is 36.8 Å². The van der Waals surface area contributed by atoms with Crippen molar-refractivity contribution in [1.82, 2.24) is 19.4 Å². The lowest BCUT2D eigenvalue weighted by Gasteiger charge is -2.32. The van der Waals surface area contributed by atoms with Gasteiger partial charge in [0.15, 0.2) is 0 Å². The summed E-state index contributed by atoms with van der Waals surface area (Å²) < 4.78 is 29.4. The lowest BCUT2D eigenvalue weighted by atomic mass is 9.98. The van der Waals surface area contributed by atoms with Crippen LogP contribution in [0.15, 0.2) is 34.1 Å². The average molecular weight is 389 g/mol. The Hall–Kier alpha value is -0.930. The molecule has 9 heteroatoms. The molecule has 1 fully saturated rings. The van der Waals surface area contributed by atoms with Crippen LogP contribution in [0.2, 0.25) is 5.02 Å². The first-order chi connectivity index (χ1) is 11.5. The molecule has 0 radical (unpaired) electrons. The highest BCUT2D eigenvalue weighted by Gasteiger charge is 2.22. The number of halogens is 1. The maximum absolute atomic E-state index is 12.2. The zero-order valence-corrected chi connectivity index (χ0v) is 15.7. The van der Waals surface area contributed by atoms with Gasteiger partial charge in [-0.1, -0.05) is 17.7 Å². The molecule has 1 aliphatic rings. The minimum Gasteiger partial charge on any atom is -0.301 e. The Bertz CT molecular complexity index is 745. The highest BCUT2D eigenvalue weighted by Crippen LogP contribution is 2.19. The van der Waals surface area contributed by atoms with E-state index in [-0.39, 0.29) is 0 Å². The van der Waals surface area contributed by atoms with Crippen LogP contribution >= 0.6 is 22.9 Å². The van der Waals surface area contributed by atoms with Crippen molar-refractivity contribution in [2.24, 2.45) is 5.92 Å². The number of likely N-dealkylation sites (tertiary alicyclic amines) is 1. The molecular weight excluding hydrogens is 368 g/mol. The van der Waals surface area contributed by atoms with Gasteiger partial charge in [-0.3, -0.25) is 4.68 Å². The summed E-state index contributed by atoms with van der Waals surface area (Å²) in [4.78, 5) is 2.36. The van der Waals surface area contributed by atoms with E-state index in [1.807, 2.05) is 10.9 Å². The molecule has 24 heavy (non-hydrogen) atoms. The lowest BCUT2D eigenvalue weighted by Crippen LogP contribution is -2.42. The summed E-state index contributed by atoms with van der Waals surface area (Å²) in [5, 5.41) is 6.61. The van der Waals surface area contributed by atoms with E-state index < -0.39 is 10.0 Å². The molecule has 1 atom stereocenters. The average Bonchev–Trinajstić information content (AvgIpc) is 3.23. The van der Waals surface area contributed by atoms with Crippen LogP contribution < -0.4 is 4.72 Å². The molecule has 0 saturated carbocycles. The van der Waals surface area contributed by atoms with Crippen molar-refractivity contribution in [3.05, 3.63) is 34.9 Å². The van der Waals surface area contributed by atoms with Gasteiger partial charge >= 0.3 is 0 Å². The third kappa shape index (κ3) is 4.80. The smallest absolute Gasteiger partial charge is 0.250 e. The SMILES string of the molecule is O=S(=O)(NC[C@H]1CCCN(CCn2cc(Cl)cn2)C1)c1cccs1. The third-order valence-electron chi connectivity index (χ3n) is 4.17. The molecule has 1 saturated heterocycles. The lowest BCUT2D eigenvalue weighted by molar-refractivity contribution is 0.169. The van der Waals surface area contributed by atoms with E-state index in [2.05, 4.69) is 14.7 Å². The van der Waals surface area contributed by atoms with Crippen LogP contribution in [0.5, 0.6) is 0 Å². The Balaban J connectivity index is 1.47. The summed E-state index contributed by atoms with van der Waals surface area (Å²) in [5.74, 6) is 0.342.